The molecular weight excluding hydrogens is 324 g/mol. The van der Waals surface area contributed by atoms with Crippen LogP contribution in [-0.4, -0.2) is 31.1 Å². The first-order valence-electron chi connectivity index (χ1n) is 7.21. The maximum Gasteiger partial charge on any atom is 0.259 e. The Hall–Kier alpha value is -3.13. The van der Waals surface area contributed by atoms with Gasteiger partial charge in [0.1, 0.15) is 6.33 Å². The van der Waals surface area contributed by atoms with Gasteiger partial charge in [-0.1, -0.05) is 29.5 Å². The predicted octanol–water partition coefficient (Wildman–Crippen LogP) is 2.83. The molecule has 24 heavy (non-hydrogen) atoms. The third-order valence-electron chi connectivity index (χ3n) is 3.51. The molecule has 0 saturated heterocycles. The number of aromatic nitrogens is 5. The Balaban J connectivity index is 1.67. The number of nitrogens with one attached hydrogen (secondary N) is 1. The summed E-state index contributed by atoms with van der Waals surface area (Å²) in [6.07, 6.45) is 1.45. The summed E-state index contributed by atoms with van der Waals surface area (Å²) in [4.78, 5) is 17.1. The van der Waals surface area contributed by atoms with E-state index >= 15 is 0 Å². The predicted molar refractivity (Wildman–Crippen MR) is 91.5 cm³/mol. The van der Waals surface area contributed by atoms with Gasteiger partial charge in [0.15, 0.2) is 5.13 Å². The maximum absolute atomic E-state index is 12.6. The number of tetrazole rings is 1. The van der Waals surface area contributed by atoms with Crippen molar-refractivity contribution < 1.29 is 4.79 Å². The third-order valence-corrected chi connectivity index (χ3v) is 4.44. The van der Waals surface area contributed by atoms with Gasteiger partial charge in [-0.2, -0.15) is 4.68 Å². The highest BCUT2D eigenvalue weighted by Crippen LogP contribution is 2.27. The summed E-state index contributed by atoms with van der Waals surface area (Å²) < 4.78 is 2.50. The van der Waals surface area contributed by atoms with Gasteiger partial charge in [0.2, 0.25) is 0 Å². The maximum atomic E-state index is 12.6. The number of rotatable bonds is 3. The average Bonchev–Trinajstić information content (AvgIpc) is 3.23. The van der Waals surface area contributed by atoms with Gasteiger partial charge in [0.25, 0.3) is 5.91 Å². The van der Waals surface area contributed by atoms with Crippen LogP contribution in [0.25, 0.3) is 15.9 Å². The summed E-state index contributed by atoms with van der Waals surface area (Å²) in [7, 11) is 0. The van der Waals surface area contributed by atoms with Crippen molar-refractivity contribution in [2.24, 2.45) is 0 Å². The van der Waals surface area contributed by atoms with Crippen LogP contribution in [0.4, 0.5) is 5.13 Å². The largest absolute Gasteiger partial charge is 0.298 e. The van der Waals surface area contributed by atoms with Crippen LogP contribution >= 0.6 is 11.3 Å². The quantitative estimate of drug-likeness (QED) is 0.622. The lowest BCUT2D eigenvalue weighted by Crippen LogP contribution is -2.15. The number of nitrogens with zero attached hydrogens (tertiary/aromatic N) is 5. The minimum Gasteiger partial charge on any atom is -0.298 e. The van der Waals surface area contributed by atoms with Gasteiger partial charge < -0.3 is 0 Å². The molecule has 0 fully saturated rings. The molecule has 0 bridgehead atoms. The number of amides is 1. The molecule has 0 atom stereocenters. The number of carbonyl (C=O) groups excluding carboxylic acids is 1. The fourth-order valence-electron chi connectivity index (χ4n) is 2.39. The summed E-state index contributed by atoms with van der Waals surface area (Å²) >= 11 is 1.45. The van der Waals surface area contributed by atoms with Gasteiger partial charge in [-0.05, 0) is 47.2 Å². The summed E-state index contributed by atoms with van der Waals surface area (Å²) in [6.45, 7) is 2.03. The molecule has 0 aliphatic rings. The van der Waals surface area contributed by atoms with Gasteiger partial charge in [0, 0.05) is 0 Å². The molecule has 0 unspecified atom stereocenters. The van der Waals surface area contributed by atoms with Crippen LogP contribution in [-0.2, 0) is 0 Å². The third kappa shape index (κ3) is 2.63. The van der Waals surface area contributed by atoms with Crippen LogP contribution < -0.4 is 5.32 Å². The first-order chi connectivity index (χ1) is 11.7. The fourth-order valence-corrected chi connectivity index (χ4v) is 3.35. The van der Waals surface area contributed by atoms with Crippen molar-refractivity contribution in [2.75, 3.05) is 5.32 Å². The number of carbonyl (C=O) groups is 1. The smallest absolute Gasteiger partial charge is 0.259 e. The molecule has 8 heteroatoms. The van der Waals surface area contributed by atoms with E-state index in [1.807, 2.05) is 25.1 Å². The number of para-hydroxylation sites is 1. The molecule has 2 aromatic heterocycles. The van der Waals surface area contributed by atoms with Crippen LogP contribution in [0.15, 0.2) is 48.8 Å². The first-order valence-corrected chi connectivity index (χ1v) is 8.03. The second kappa shape index (κ2) is 5.82. The lowest BCUT2D eigenvalue weighted by molar-refractivity contribution is 0.102. The number of anilines is 1. The highest BCUT2D eigenvalue weighted by molar-refractivity contribution is 7.22. The van der Waals surface area contributed by atoms with Crippen LogP contribution in [0.1, 0.15) is 15.9 Å². The summed E-state index contributed by atoms with van der Waals surface area (Å²) in [6, 6.07) is 13.1. The molecule has 1 N–H and O–H groups in total. The number of fused-ring (bicyclic) bond motifs is 1. The van der Waals surface area contributed by atoms with Crippen molar-refractivity contribution in [3.63, 3.8) is 0 Å². The fraction of sp³-hybridized carbons (Fsp3) is 0.0625. The van der Waals surface area contributed by atoms with Gasteiger partial charge in [-0.25, -0.2) is 4.98 Å². The highest BCUT2D eigenvalue weighted by atomic mass is 32.1. The Morgan fingerprint density at radius 1 is 1.21 bits per heavy atom. The van der Waals surface area contributed by atoms with E-state index in [0.717, 1.165) is 15.8 Å². The zero-order valence-electron chi connectivity index (χ0n) is 12.7. The minimum absolute atomic E-state index is 0.253. The molecule has 0 spiro atoms. The van der Waals surface area contributed by atoms with E-state index in [9.17, 15) is 4.79 Å². The lowest BCUT2D eigenvalue weighted by atomic mass is 10.1. The van der Waals surface area contributed by atoms with Crippen LogP contribution in [0.2, 0.25) is 0 Å². The Bertz CT molecular complexity index is 1020. The van der Waals surface area contributed by atoms with Gasteiger partial charge in [0.05, 0.1) is 21.5 Å². The zero-order chi connectivity index (χ0) is 16.5. The lowest BCUT2D eigenvalue weighted by Gasteiger charge is -2.07. The Labute approximate surface area is 141 Å². The SMILES string of the molecule is Cc1ccc2nc(NC(=O)c3ccccc3-n3cnnn3)sc2c1. The van der Waals surface area contributed by atoms with E-state index in [2.05, 4.69) is 31.9 Å². The molecule has 4 rings (SSSR count). The van der Waals surface area contributed by atoms with Gasteiger partial charge in [-0.3, -0.25) is 10.1 Å². The highest BCUT2D eigenvalue weighted by Gasteiger charge is 2.15. The second-order valence-electron chi connectivity index (χ2n) is 5.22. The van der Waals surface area contributed by atoms with Crippen molar-refractivity contribution in [1.82, 2.24) is 25.2 Å². The molecule has 0 aliphatic heterocycles. The summed E-state index contributed by atoms with van der Waals surface area (Å²) in [5.41, 5.74) is 3.11. The van der Waals surface area contributed by atoms with E-state index in [-0.39, 0.29) is 5.91 Å². The molecule has 1 amide bonds. The van der Waals surface area contributed by atoms with Crippen molar-refractivity contribution in [3.8, 4) is 5.69 Å². The first kappa shape index (κ1) is 14.5. The number of hydrogen-bond acceptors (Lipinski definition) is 6. The van der Waals surface area contributed by atoms with E-state index in [1.165, 1.54) is 22.3 Å². The number of aryl methyl sites for hydroxylation is 1. The van der Waals surface area contributed by atoms with E-state index in [1.54, 1.807) is 18.2 Å². The molecule has 4 aromatic rings. The number of thiazole rings is 1. The van der Waals surface area contributed by atoms with E-state index in [0.29, 0.717) is 16.4 Å². The molecular formula is C16H12N6OS. The topological polar surface area (TPSA) is 85.6 Å². The van der Waals surface area contributed by atoms with Gasteiger partial charge >= 0.3 is 0 Å². The zero-order valence-corrected chi connectivity index (χ0v) is 13.5. The molecule has 0 radical (unpaired) electrons. The Kier molecular flexibility index (Phi) is 3.51. The number of benzene rings is 2. The normalized spacial score (nSPS) is 10.9. The molecule has 2 heterocycles. The van der Waals surface area contributed by atoms with E-state index < -0.39 is 0 Å². The van der Waals surface area contributed by atoms with Crippen molar-refractivity contribution >= 4 is 32.6 Å². The summed E-state index contributed by atoms with van der Waals surface area (Å²) in [5.74, 6) is -0.253. The monoisotopic (exact) mass is 336 g/mol. The van der Waals surface area contributed by atoms with Crippen LogP contribution in [0.3, 0.4) is 0 Å². The second-order valence-corrected chi connectivity index (χ2v) is 6.25. The molecule has 0 saturated carbocycles. The van der Waals surface area contributed by atoms with Crippen molar-refractivity contribution in [2.45, 2.75) is 6.92 Å². The summed E-state index contributed by atoms with van der Waals surface area (Å²) in [5, 5.41) is 14.5. The average molecular weight is 336 g/mol. The van der Waals surface area contributed by atoms with Crippen molar-refractivity contribution in [3.05, 3.63) is 59.9 Å². The van der Waals surface area contributed by atoms with Crippen molar-refractivity contribution in [1.29, 1.82) is 0 Å². The Morgan fingerprint density at radius 3 is 2.92 bits per heavy atom. The molecule has 2 aromatic carbocycles. The molecule has 118 valence electrons. The molecule has 7 nitrogen and oxygen atoms in total. The van der Waals surface area contributed by atoms with E-state index in [4.69, 9.17) is 0 Å². The van der Waals surface area contributed by atoms with Gasteiger partial charge in [-0.15, -0.1) is 5.10 Å². The number of hydrogen-bond donors (Lipinski definition) is 1. The van der Waals surface area contributed by atoms with Crippen LogP contribution in [0, 0.1) is 6.92 Å². The minimum atomic E-state index is -0.253. The Morgan fingerprint density at radius 2 is 2.08 bits per heavy atom. The molecule has 0 aliphatic carbocycles. The van der Waals surface area contributed by atoms with Crippen LogP contribution in [0.5, 0.6) is 0 Å². The standard InChI is InChI=1S/C16H12N6OS/c1-10-6-7-12-14(8-10)24-16(18-12)19-15(23)11-4-2-3-5-13(11)22-9-17-20-21-22/h2-9H,1H3,(H,18,19,23).